The fraction of sp³-hybridized carbons (Fsp3) is 0.591. The predicted molar refractivity (Wildman–Crippen MR) is 105 cm³/mol. The van der Waals surface area contributed by atoms with Crippen LogP contribution in [0.3, 0.4) is 0 Å². The molecule has 168 valence electrons. The van der Waals surface area contributed by atoms with Gasteiger partial charge in [-0.25, -0.2) is 9.59 Å². The van der Waals surface area contributed by atoms with Crippen molar-refractivity contribution in [3.05, 3.63) is 35.5 Å². The Balaban J connectivity index is 1.63. The molecule has 3 saturated heterocycles. The lowest BCUT2D eigenvalue weighted by molar-refractivity contribution is -0.150. The Kier molecular flexibility index (Phi) is 5.53. The monoisotopic (exact) mass is 434 g/mol. The molecule has 3 heterocycles. The molecule has 1 N–H and O–H groups in total. The Labute approximate surface area is 179 Å². The summed E-state index contributed by atoms with van der Waals surface area (Å²) in [7, 11) is 0. The maximum atomic E-state index is 12.8. The first kappa shape index (κ1) is 21.7. The third kappa shape index (κ3) is 4.05. The standard InChI is InChI=1S/C22H26O9/c1-5-12(9-27-11(3)24)21(26)29-15-7-22(4)19(31-22)18-17(30-18)13(8-23)6-14-16(15)10(2)20(25)28-14/h5-6,14-19,23H,2,7-9H2,1,3-4H3/b12-5+,13-6+/t14-,15-,16+,17+,18+,19+,22-/m1/s1. The summed E-state index contributed by atoms with van der Waals surface area (Å²) in [5.41, 5.74) is 0.338. The van der Waals surface area contributed by atoms with E-state index in [-0.39, 0.29) is 42.7 Å². The van der Waals surface area contributed by atoms with Crippen LogP contribution in [0, 0.1) is 5.92 Å². The van der Waals surface area contributed by atoms with Crippen LogP contribution in [0.2, 0.25) is 0 Å². The van der Waals surface area contributed by atoms with E-state index in [9.17, 15) is 19.5 Å². The first-order valence-electron chi connectivity index (χ1n) is 10.2. The van der Waals surface area contributed by atoms with E-state index in [4.69, 9.17) is 23.7 Å². The average molecular weight is 434 g/mol. The summed E-state index contributed by atoms with van der Waals surface area (Å²) in [6.07, 6.45) is 1.23. The molecule has 1 aliphatic carbocycles. The number of hydrogen-bond acceptors (Lipinski definition) is 9. The fourth-order valence-electron chi connectivity index (χ4n) is 4.41. The number of aliphatic hydroxyl groups is 1. The predicted octanol–water partition coefficient (Wildman–Crippen LogP) is 0.753. The number of ether oxygens (including phenoxy) is 5. The number of carbonyl (C=O) groups excluding carboxylic acids is 3. The van der Waals surface area contributed by atoms with E-state index in [1.807, 2.05) is 6.92 Å². The van der Waals surface area contributed by atoms with Crippen molar-refractivity contribution in [2.75, 3.05) is 13.2 Å². The summed E-state index contributed by atoms with van der Waals surface area (Å²) in [5, 5.41) is 9.82. The minimum atomic E-state index is -0.787. The zero-order valence-corrected chi connectivity index (χ0v) is 17.7. The van der Waals surface area contributed by atoms with Gasteiger partial charge in [0.1, 0.15) is 37.1 Å². The van der Waals surface area contributed by atoms with Gasteiger partial charge in [0.2, 0.25) is 0 Å². The highest BCUT2D eigenvalue weighted by molar-refractivity contribution is 5.92. The van der Waals surface area contributed by atoms with Gasteiger partial charge in [0.15, 0.2) is 0 Å². The molecule has 0 aromatic heterocycles. The molecule has 9 heteroatoms. The fourth-order valence-corrected chi connectivity index (χ4v) is 4.41. The topological polar surface area (TPSA) is 124 Å². The first-order chi connectivity index (χ1) is 14.7. The van der Waals surface area contributed by atoms with Gasteiger partial charge in [0, 0.05) is 18.9 Å². The van der Waals surface area contributed by atoms with Crippen molar-refractivity contribution in [3.63, 3.8) is 0 Å². The molecule has 3 fully saturated rings. The molecule has 4 rings (SSSR count). The molecular formula is C22H26O9. The Bertz CT molecular complexity index is 887. The van der Waals surface area contributed by atoms with Crippen molar-refractivity contribution in [1.82, 2.24) is 0 Å². The number of fused-ring (bicyclic) bond motifs is 4. The Morgan fingerprint density at radius 2 is 2.16 bits per heavy atom. The van der Waals surface area contributed by atoms with Gasteiger partial charge >= 0.3 is 17.9 Å². The SMILES string of the molecule is C=C1C(=O)O[C@@H]2/C=C(\CO)[C@@H]3O[C@@H]3[C@@H]3O[C@]3(C)C[C@@H](OC(=O)/C(=C/C)COC(C)=O)[C@@H]12. The van der Waals surface area contributed by atoms with Crippen molar-refractivity contribution < 1.29 is 43.2 Å². The molecule has 0 aromatic carbocycles. The van der Waals surface area contributed by atoms with Gasteiger partial charge in [-0.3, -0.25) is 4.79 Å². The van der Waals surface area contributed by atoms with Crippen molar-refractivity contribution in [2.45, 2.75) is 63.3 Å². The number of rotatable bonds is 5. The Morgan fingerprint density at radius 3 is 2.81 bits per heavy atom. The van der Waals surface area contributed by atoms with Crippen LogP contribution in [0.15, 0.2) is 35.5 Å². The van der Waals surface area contributed by atoms with E-state index in [1.165, 1.54) is 13.0 Å². The molecule has 9 nitrogen and oxygen atoms in total. The van der Waals surface area contributed by atoms with Gasteiger partial charge in [-0.05, 0) is 25.5 Å². The smallest absolute Gasteiger partial charge is 0.337 e. The third-order valence-corrected chi connectivity index (χ3v) is 6.26. The molecule has 31 heavy (non-hydrogen) atoms. The summed E-state index contributed by atoms with van der Waals surface area (Å²) in [4.78, 5) is 36.3. The number of epoxide rings is 2. The molecule has 0 bridgehead atoms. The maximum Gasteiger partial charge on any atom is 0.337 e. The van der Waals surface area contributed by atoms with Crippen LogP contribution in [-0.2, 0) is 38.1 Å². The largest absolute Gasteiger partial charge is 0.461 e. The molecule has 3 aliphatic heterocycles. The molecule has 0 unspecified atom stereocenters. The van der Waals surface area contributed by atoms with Crippen molar-refractivity contribution in [1.29, 1.82) is 0 Å². The summed E-state index contributed by atoms with van der Waals surface area (Å²) in [5.74, 6) is -2.41. The van der Waals surface area contributed by atoms with E-state index in [2.05, 4.69) is 6.58 Å². The second-order valence-corrected chi connectivity index (χ2v) is 8.44. The van der Waals surface area contributed by atoms with Gasteiger partial charge in [0.25, 0.3) is 0 Å². The first-order valence-corrected chi connectivity index (χ1v) is 10.2. The van der Waals surface area contributed by atoms with E-state index in [0.29, 0.717) is 12.0 Å². The normalized spacial score (nSPS) is 40.4. The van der Waals surface area contributed by atoms with Crippen LogP contribution in [0.5, 0.6) is 0 Å². The maximum absolute atomic E-state index is 12.8. The number of carbonyl (C=O) groups is 3. The van der Waals surface area contributed by atoms with Crippen molar-refractivity contribution >= 4 is 17.9 Å². The molecule has 0 saturated carbocycles. The lowest BCUT2D eigenvalue weighted by Gasteiger charge is -2.28. The molecule has 0 spiro atoms. The quantitative estimate of drug-likeness (QED) is 0.219. The number of esters is 3. The molecule has 0 radical (unpaired) electrons. The van der Waals surface area contributed by atoms with Gasteiger partial charge in [0.05, 0.1) is 23.7 Å². The van der Waals surface area contributed by atoms with Crippen LogP contribution in [0.4, 0.5) is 0 Å². The zero-order valence-electron chi connectivity index (χ0n) is 17.7. The second-order valence-electron chi connectivity index (χ2n) is 8.44. The van der Waals surface area contributed by atoms with Crippen LogP contribution in [-0.4, -0.2) is 72.3 Å². The second kappa shape index (κ2) is 7.89. The molecular weight excluding hydrogens is 408 g/mol. The third-order valence-electron chi connectivity index (χ3n) is 6.26. The van der Waals surface area contributed by atoms with E-state index in [0.717, 1.165) is 0 Å². The van der Waals surface area contributed by atoms with Gasteiger partial charge in [-0.2, -0.15) is 0 Å². The highest BCUT2D eigenvalue weighted by Crippen LogP contribution is 2.53. The minimum Gasteiger partial charge on any atom is -0.461 e. The molecule has 4 aliphatic rings. The number of aliphatic hydroxyl groups excluding tert-OH is 1. The number of hydrogen-bond donors (Lipinski definition) is 1. The van der Waals surface area contributed by atoms with Gasteiger partial charge in [-0.15, -0.1) is 0 Å². The van der Waals surface area contributed by atoms with Crippen molar-refractivity contribution in [3.8, 4) is 0 Å². The summed E-state index contributed by atoms with van der Waals surface area (Å²) in [6.45, 7) is 8.16. The summed E-state index contributed by atoms with van der Waals surface area (Å²) < 4.78 is 27.8. The van der Waals surface area contributed by atoms with Crippen LogP contribution in [0.25, 0.3) is 0 Å². The summed E-state index contributed by atoms with van der Waals surface area (Å²) >= 11 is 0. The number of allylic oxidation sites excluding steroid dienone is 1. The Morgan fingerprint density at radius 1 is 1.42 bits per heavy atom. The van der Waals surface area contributed by atoms with E-state index in [1.54, 1.807) is 13.0 Å². The Hall–Kier alpha value is -2.49. The van der Waals surface area contributed by atoms with Gasteiger partial charge in [-0.1, -0.05) is 12.7 Å². The van der Waals surface area contributed by atoms with Crippen LogP contribution < -0.4 is 0 Å². The lowest BCUT2D eigenvalue weighted by atomic mass is 9.82. The molecule has 0 amide bonds. The van der Waals surface area contributed by atoms with Gasteiger partial charge < -0.3 is 28.8 Å². The highest BCUT2D eigenvalue weighted by atomic mass is 16.7. The average Bonchev–Trinajstić information content (AvgIpc) is 3.59. The van der Waals surface area contributed by atoms with Crippen LogP contribution in [0.1, 0.15) is 27.2 Å². The zero-order chi connectivity index (χ0) is 22.5. The van der Waals surface area contributed by atoms with Crippen molar-refractivity contribution in [2.24, 2.45) is 5.92 Å². The highest BCUT2D eigenvalue weighted by Gasteiger charge is 2.67. The lowest BCUT2D eigenvalue weighted by Crippen LogP contribution is -2.38. The van der Waals surface area contributed by atoms with E-state index < -0.39 is 41.6 Å². The molecule has 7 atom stereocenters. The molecule has 0 aromatic rings. The summed E-state index contributed by atoms with van der Waals surface area (Å²) in [6, 6.07) is 0. The van der Waals surface area contributed by atoms with Crippen LogP contribution >= 0.6 is 0 Å². The minimum absolute atomic E-state index is 0.176. The van der Waals surface area contributed by atoms with E-state index >= 15 is 0 Å².